The lowest BCUT2D eigenvalue weighted by atomic mass is 10.2. The van der Waals surface area contributed by atoms with Gasteiger partial charge in [0.25, 0.3) is 0 Å². The van der Waals surface area contributed by atoms with Crippen LogP contribution in [0.1, 0.15) is 17.9 Å². The molecule has 0 spiro atoms. The molecular formula is C15H21N3O2S. The van der Waals surface area contributed by atoms with Gasteiger partial charge in [-0.2, -0.15) is 0 Å². The lowest BCUT2D eigenvalue weighted by molar-refractivity contribution is 0.191. The predicted molar refractivity (Wildman–Crippen MR) is 87.9 cm³/mol. The monoisotopic (exact) mass is 307 g/mol. The summed E-state index contributed by atoms with van der Waals surface area (Å²) in [5, 5.41) is 26.3. The van der Waals surface area contributed by atoms with Gasteiger partial charge in [-0.05, 0) is 24.4 Å². The topological polar surface area (TPSA) is 76.9 Å². The maximum absolute atomic E-state index is 10.3. The van der Waals surface area contributed by atoms with Gasteiger partial charge in [0, 0.05) is 22.7 Å². The van der Waals surface area contributed by atoms with Gasteiger partial charge in [0.15, 0.2) is 5.96 Å². The number of aliphatic hydroxyl groups excluding tert-OH is 2. The predicted octanol–water partition coefficient (Wildman–Crippen LogP) is 1.48. The SMILES string of the molecule is CCNC(=NCC(O)c1cc2ccccc2s1)NCCO. The van der Waals surface area contributed by atoms with Gasteiger partial charge in [-0.1, -0.05) is 18.2 Å². The number of thiophene rings is 1. The highest BCUT2D eigenvalue weighted by Crippen LogP contribution is 2.29. The summed E-state index contributed by atoms with van der Waals surface area (Å²) >= 11 is 1.59. The van der Waals surface area contributed by atoms with E-state index < -0.39 is 6.10 Å². The Morgan fingerprint density at radius 3 is 2.86 bits per heavy atom. The van der Waals surface area contributed by atoms with E-state index in [1.54, 1.807) is 11.3 Å². The molecule has 4 N–H and O–H groups in total. The molecule has 5 nitrogen and oxygen atoms in total. The molecule has 21 heavy (non-hydrogen) atoms. The molecule has 6 heteroatoms. The van der Waals surface area contributed by atoms with Crippen molar-refractivity contribution in [2.24, 2.45) is 4.99 Å². The van der Waals surface area contributed by atoms with Crippen molar-refractivity contribution >= 4 is 27.4 Å². The van der Waals surface area contributed by atoms with Crippen LogP contribution in [0.4, 0.5) is 0 Å². The second-order valence-electron chi connectivity index (χ2n) is 4.57. The van der Waals surface area contributed by atoms with Gasteiger partial charge >= 0.3 is 0 Å². The van der Waals surface area contributed by atoms with Crippen LogP contribution in [0.3, 0.4) is 0 Å². The van der Waals surface area contributed by atoms with Crippen LogP contribution in [0.15, 0.2) is 35.3 Å². The molecule has 1 atom stereocenters. The highest BCUT2D eigenvalue weighted by molar-refractivity contribution is 7.19. The number of fused-ring (bicyclic) bond motifs is 1. The van der Waals surface area contributed by atoms with Crippen molar-refractivity contribution in [2.75, 3.05) is 26.2 Å². The third kappa shape index (κ3) is 4.42. The Bertz CT molecular complexity index is 564. The number of nitrogens with one attached hydrogen (secondary N) is 2. The Morgan fingerprint density at radius 2 is 2.14 bits per heavy atom. The normalized spacial score (nSPS) is 13.4. The first-order chi connectivity index (χ1) is 10.2. The zero-order valence-corrected chi connectivity index (χ0v) is 12.9. The van der Waals surface area contributed by atoms with Crippen molar-refractivity contribution in [2.45, 2.75) is 13.0 Å². The fourth-order valence-electron chi connectivity index (χ4n) is 1.95. The third-order valence-electron chi connectivity index (χ3n) is 2.94. The van der Waals surface area contributed by atoms with Crippen molar-refractivity contribution < 1.29 is 10.2 Å². The standard InChI is InChI=1S/C15H21N3O2S/c1-2-16-15(17-7-8-19)18-10-12(20)14-9-11-5-3-4-6-13(11)21-14/h3-6,9,12,19-20H,2,7-8,10H2,1H3,(H2,16,17,18). The number of nitrogens with zero attached hydrogens (tertiary/aromatic N) is 1. The highest BCUT2D eigenvalue weighted by Gasteiger charge is 2.11. The average molecular weight is 307 g/mol. The molecule has 0 aliphatic carbocycles. The minimum Gasteiger partial charge on any atom is -0.395 e. The minimum absolute atomic E-state index is 0.0449. The summed E-state index contributed by atoms with van der Waals surface area (Å²) in [6, 6.07) is 10.1. The second kappa shape index (κ2) is 7.97. The van der Waals surface area contributed by atoms with Crippen LogP contribution in [-0.2, 0) is 0 Å². The molecule has 1 unspecified atom stereocenters. The Hall–Kier alpha value is -1.63. The van der Waals surface area contributed by atoms with Crippen LogP contribution >= 0.6 is 11.3 Å². The van der Waals surface area contributed by atoms with Crippen LogP contribution in [0, 0.1) is 0 Å². The summed E-state index contributed by atoms with van der Waals surface area (Å²) in [4.78, 5) is 5.25. The lowest BCUT2D eigenvalue weighted by Crippen LogP contribution is -2.39. The molecule has 0 aliphatic heterocycles. The molecule has 0 saturated carbocycles. The molecule has 114 valence electrons. The average Bonchev–Trinajstić information content (AvgIpc) is 2.93. The summed E-state index contributed by atoms with van der Waals surface area (Å²) in [6.45, 7) is 3.47. The molecule has 1 aromatic carbocycles. The third-order valence-corrected chi connectivity index (χ3v) is 4.16. The molecule has 0 saturated heterocycles. The fourth-order valence-corrected chi connectivity index (χ4v) is 2.99. The summed E-state index contributed by atoms with van der Waals surface area (Å²) in [5.74, 6) is 0.603. The quantitative estimate of drug-likeness (QED) is 0.482. The first-order valence-corrected chi connectivity index (χ1v) is 7.85. The van der Waals surface area contributed by atoms with Gasteiger partial charge in [0.1, 0.15) is 6.10 Å². The molecule has 0 radical (unpaired) electrons. The Morgan fingerprint density at radius 1 is 1.33 bits per heavy atom. The maximum Gasteiger partial charge on any atom is 0.191 e. The van der Waals surface area contributed by atoms with Crippen molar-refractivity contribution in [3.05, 3.63) is 35.2 Å². The largest absolute Gasteiger partial charge is 0.395 e. The van der Waals surface area contributed by atoms with Crippen molar-refractivity contribution in [1.82, 2.24) is 10.6 Å². The maximum atomic E-state index is 10.3. The fraction of sp³-hybridized carbons (Fsp3) is 0.400. The Balaban J connectivity index is 2.03. The second-order valence-corrected chi connectivity index (χ2v) is 5.69. The highest BCUT2D eigenvalue weighted by atomic mass is 32.1. The van der Waals surface area contributed by atoms with E-state index in [-0.39, 0.29) is 13.2 Å². The number of guanidine groups is 1. The summed E-state index contributed by atoms with van der Waals surface area (Å²) < 4.78 is 1.17. The van der Waals surface area contributed by atoms with Gasteiger partial charge in [0.05, 0.1) is 13.2 Å². The van der Waals surface area contributed by atoms with E-state index in [9.17, 15) is 5.11 Å². The number of hydrogen-bond acceptors (Lipinski definition) is 4. The van der Waals surface area contributed by atoms with Gasteiger partial charge in [-0.25, -0.2) is 0 Å². The number of benzene rings is 1. The van der Waals surface area contributed by atoms with Crippen molar-refractivity contribution in [1.29, 1.82) is 0 Å². The molecule has 0 fully saturated rings. The van der Waals surface area contributed by atoms with E-state index >= 15 is 0 Å². The van der Waals surface area contributed by atoms with Crippen molar-refractivity contribution in [3.8, 4) is 0 Å². The van der Waals surface area contributed by atoms with Crippen molar-refractivity contribution in [3.63, 3.8) is 0 Å². The molecule has 2 aromatic rings. The molecule has 1 aromatic heterocycles. The van der Waals surface area contributed by atoms with E-state index in [0.717, 1.165) is 16.8 Å². The molecule has 2 rings (SSSR count). The Kier molecular flexibility index (Phi) is 5.98. The van der Waals surface area contributed by atoms with Gasteiger partial charge in [-0.3, -0.25) is 4.99 Å². The van der Waals surface area contributed by atoms with Gasteiger partial charge in [-0.15, -0.1) is 11.3 Å². The summed E-state index contributed by atoms with van der Waals surface area (Å²) in [5.41, 5.74) is 0. The summed E-state index contributed by atoms with van der Waals surface area (Å²) in [6.07, 6.45) is -0.619. The Labute approximate surface area is 128 Å². The van der Waals surface area contributed by atoms with Gasteiger partial charge in [0.2, 0.25) is 0 Å². The molecular weight excluding hydrogens is 286 g/mol. The van der Waals surface area contributed by atoms with Crippen LogP contribution < -0.4 is 10.6 Å². The van der Waals surface area contributed by atoms with Gasteiger partial charge < -0.3 is 20.8 Å². The van der Waals surface area contributed by atoms with Crippen LogP contribution in [0.2, 0.25) is 0 Å². The first-order valence-electron chi connectivity index (χ1n) is 7.04. The number of rotatable bonds is 6. The van der Waals surface area contributed by atoms with Crippen LogP contribution in [-0.4, -0.2) is 42.4 Å². The van der Waals surface area contributed by atoms with Crippen LogP contribution in [0.5, 0.6) is 0 Å². The summed E-state index contributed by atoms with van der Waals surface area (Å²) in [7, 11) is 0. The number of hydrogen-bond donors (Lipinski definition) is 4. The lowest BCUT2D eigenvalue weighted by Gasteiger charge is -2.11. The number of aliphatic hydroxyl groups is 2. The van der Waals surface area contributed by atoms with E-state index in [1.807, 2.05) is 37.3 Å². The van der Waals surface area contributed by atoms with E-state index in [0.29, 0.717) is 12.5 Å². The molecule has 0 aliphatic rings. The van der Waals surface area contributed by atoms with E-state index in [1.165, 1.54) is 4.70 Å². The van der Waals surface area contributed by atoms with Crippen LogP contribution in [0.25, 0.3) is 10.1 Å². The zero-order chi connectivity index (χ0) is 15.1. The molecule has 0 bridgehead atoms. The molecule has 1 heterocycles. The van der Waals surface area contributed by atoms with E-state index in [2.05, 4.69) is 15.6 Å². The number of aliphatic imine (C=N–C) groups is 1. The van der Waals surface area contributed by atoms with E-state index in [4.69, 9.17) is 5.11 Å². The zero-order valence-electron chi connectivity index (χ0n) is 12.0. The first kappa shape index (κ1) is 15.8. The smallest absolute Gasteiger partial charge is 0.191 e. The molecule has 0 amide bonds. The minimum atomic E-state index is -0.619.